The molecule has 0 aromatic carbocycles. The van der Waals surface area contributed by atoms with Gasteiger partial charge in [-0.3, -0.25) is 0 Å². The Hall–Kier alpha value is -3.18. The molecular formula is C21H25N7O3S. The standard InChI is InChI=1S/C21H25N7O3S/c1-32-12-15(16-2-3-22-20-19(16)30-6-7-31-20)11-24-18-8-17(27-13-28-18)14-9-25-21(26-10-14)23-4-5-29/h2-3,8-10,13,15,29H,4-7,11-12H2,1H3,(H,23,25,26)(H,24,27,28). The molecular weight excluding hydrogens is 430 g/mol. The van der Waals surface area contributed by atoms with E-state index in [0.717, 1.165) is 28.3 Å². The van der Waals surface area contributed by atoms with Crippen LogP contribution in [0.3, 0.4) is 0 Å². The first kappa shape index (κ1) is 22.0. The van der Waals surface area contributed by atoms with Crippen molar-refractivity contribution in [3.63, 3.8) is 0 Å². The van der Waals surface area contributed by atoms with Crippen LogP contribution in [0.5, 0.6) is 11.6 Å². The molecule has 4 heterocycles. The average molecular weight is 456 g/mol. The van der Waals surface area contributed by atoms with Gasteiger partial charge in [0.05, 0.1) is 12.3 Å². The molecule has 0 fully saturated rings. The summed E-state index contributed by atoms with van der Waals surface area (Å²) >= 11 is 1.77. The van der Waals surface area contributed by atoms with Gasteiger partial charge in [0.25, 0.3) is 5.88 Å². The van der Waals surface area contributed by atoms with Gasteiger partial charge < -0.3 is 25.2 Å². The van der Waals surface area contributed by atoms with Gasteiger partial charge in [0, 0.05) is 60.5 Å². The summed E-state index contributed by atoms with van der Waals surface area (Å²) in [6.07, 6.45) is 8.74. The number of ether oxygens (including phenoxy) is 2. The van der Waals surface area contributed by atoms with E-state index in [1.54, 1.807) is 30.4 Å². The normalized spacial score (nSPS) is 13.4. The van der Waals surface area contributed by atoms with Crippen LogP contribution >= 0.6 is 11.8 Å². The summed E-state index contributed by atoms with van der Waals surface area (Å²) in [6, 6.07) is 3.86. The number of aromatic nitrogens is 5. The smallest absolute Gasteiger partial charge is 0.257 e. The lowest BCUT2D eigenvalue weighted by Crippen LogP contribution is -2.21. The maximum absolute atomic E-state index is 8.89. The molecule has 0 aliphatic carbocycles. The van der Waals surface area contributed by atoms with E-state index in [9.17, 15) is 0 Å². The zero-order chi connectivity index (χ0) is 22.2. The Morgan fingerprint density at radius 2 is 1.94 bits per heavy atom. The molecule has 3 N–H and O–H groups in total. The molecule has 0 saturated heterocycles. The van der Waals surface area contributed by atoms with Crippen molar-refractivity contribution in [2.45, 2.75) is 5.92 Å². The summed E-state index contributed by atoms with van der Waals surface area (Å²) in [6.45, 7) is 2.12. The van der Waals surface area contributed by atoms with E-state index in [1.165, 1.54) is 6.33 Å². The van der Waals surface area contributed by atoms with Crippen molar-refractivity contribution in [2.24, 2.45) is 0 Å². The number of anilines is 2. The molecule has 1 aliphatic heterocycles. The van der Waals surface area contributed by atoms with Crippen molar-refractivity contribution in [1.82, 2.24) is 24.9 Å². The summed E-state index contributed by atoms with van der Waals surface area (Å²) < 4.78 is 11.5. The van der Waals surface area contributed by atoms with E-state index in [1.807, 2.05) is 12.1 Å². The van der Waals surface area contributed by atoms with E-state index in [2.05, 4.69) is 41.8 Å². The predicted octanol–water partition coefficient (Wildman–Crippen LogP) is 2.06. The molecule has 0 amide bonds. The minimum absolute atomic E-state index is 0.0189. The molecule has 11 heteroatoms. The largest absolute Gasteiger partial charge is 0.484 e. The van der Waals surface area contributed by atoms with Crippen LogP contribution in [0.25, 0.3) is 11.3 Å². The van der Waals surface area contributed by atoms with Crippen molar-refractivity contribution in [1.29, 1.82) is 0 Å². The van der Waals surface area contributed by atoms with E-state index in [4.69, 9.17) is 14.6 Å². The number of aliphatic hydroxyl groups excluding tert-OH is 1. The van der Waals surface area contributed by atoms with Gasteiger partial charge in [-0.05, 0) is 12.3 Å². The van der Waals surface area contributed by atoms with Gasteiger partial charge in [0.1, 0.15) is 25.4 Å². The second-order valence-corrected chi connectivity index (χ2v) is 7.91. The molecule has 3 aromatic rings. The lowest BCUT2D eigenvalue weighted by atomic mass is 10.0. The molecule has 1 unspecified atom stereocenters. The van der Waals surface area contributed by atoms with Gasteiger partial charge >= 0.3 is 0 Å². The molecule has 4 rings (SSSR count). The number of rotatable bonds is 10. The second-order valence-electron chi connectivity index (χ2n) is 7.00. The Bertz CT molecular complexity index is 1020. The first-order chi connectivity index (χ1) is 15.8. The van der Waals surface area contributed by atoms with Gasteiger partial charge in [0.2, 0.25) is 5.95 Å². The Morgan fingerprint density at radius 1 is 1.09 bits per heavy atom. The van der Waals surface area contributed by atoms with Crippen LogP contribution in [0.1, 0.15) is 11.5 Å². The number of fused-ring (bicyclic) bond motifs is 1. The lowest BCUT2D eigenvalue weighted by Gasteiger charge is -2.24. The van der Waals surface area contributed by atoms with Crippen LogP contribution in [0.15, 0.2) is 37.1 Å². The number of nitrogens with one attached hydrogen (secondary N) is 2. The van der Waals surface area contributed by atoms with Gasteiger partial charge in [0.15, 0.2) is 5.75 Å². The van der Waals surface area contributed by atoms with Crippen LogP contribution < -0.4 is 20.1 Å². The molecule has 3 aromatic heterocycles. The second kappa shape index (κ2) is 10.9. The first-order valence-corrected chi connectivity index (χ1v) is 11.6. The van der Waals surface area contributed by atoms with Crippen molar-refractivity contribution < 1.29 is 14.6 Å². The minimum atomic E-state index is 0.0189. The Kier molecular flexibility index (Phi) is 7.51. The summed E-state index contributed by atoms with van der Waals surface area (Å²) in [5.74, 6) is 3.55. The Morgan fingerprint density at radius 3 is 2.75 bits per heavy atom. The Labute approximate surface area is 190 Å². The van der Waals surface area contributed by atoms with Crippen molar-refractivity contribution >= 4 is 23.5 Å². The van der Waals surface area contributed by atoms with E-state index in [-0.39, 0.29) is 12.5 Å². The molecule has 1 aliphatic rings. The van der Waals surface area contributed by atoms with Gasteiger partial charge in [-0.2, -0.15) is 11.8 Å². The summed E-state index contributed by atoms with van der Waals surface area (Å²) in [4.78, 5) is 21.5. The van der Waals surface area contributed by atoms with Crippen molar-refractivity contribution in [2.75, 3.05) is 55.6 Å². The predicted molar refractivity (Wildman–Crippen MR) is 123 cm³/mol. The monoisotopic (exact) mass is 455 g/mol. The lowest BCUT2D eigenvalue weighted by molar-refractivity contribution is 0.162. The third-order valence-corrected chi connectivity index (χ3v) is 5.55. The molecule has 0 saturated carbocycles. The van der Waals surface area contributed by atoms with Gasteiger partial charge in [-0.1, -0.05) is 0 Å². The quantitative estimate of drug-likeness (QED) is 0.416. The third kappa shape index (κ3) is 5.35. The highest BCUT2D eigenvalue weighted by Crippen LogP contribution is 2.37. The first-order valence-electron chi connectivity index (χ1n) is 10.2. The van der Waals surface area contributed by atoms with Crippen LogP contribution in [-0.2, 0) is 0 Å². The Balaban J connectivity index is 1.47. The highest BCUT2D eigenvalue weighted by atomic mass is 32.2. The highest BCUT2D eigenvalue weighted by Gasteiger charge is 2.23. The molecule has 0 radical (unpaired) electrons. The summed E-state index contributed by atoms with van der Waals surface area (Å²) in [5.41, 5.74) is 2.57. The van der Waals surface area contributed by atoms with Crippen LogP contribution in [0.2, 0.25) is 0 Å². The maximum atomic E-state index is 8.89. The fourth-order valence-electron chi connectivity index (χ4n) is 3.31. The van der Waals surface area contributed by atoms with Gasteiger partial charge in [-0.15, -0.1) is 0 Å². The van der Waals surface area contributed by atoms with Crippen molar-refractivity contribution in [3.05, 3.63) is 42.6 Å². The van der Waals surface area contributed by atoms with E-state index < -0.39 is 0 Å². The minimum Gasteiger partial charge on any atom is -0.484 e. The zero-order valence-corrected chi connectivity index (χ0v) is 18.5. The van der Waals surface area contributed by atoms with Crippen molar-refractivity contribution in [3.8, 4) is 22.9 Å². The number of hydrogen-bond donors (Lipinski definition) is 3. The van der Waals surface area contributed by atoms with Crippen LogP contribution in [0, 0.1) is 0 Å². The number of pyridine rings is 1. The third-order valence-electron chi connectivity index (χ3n) is 4.82. The van der Waals surface area contributed by atoms with E-state index in [0.29, 0.717) is 43.9 Å². The fourth-order valence-corrected chi connectivity index (χ4v) is 4.01. The number of thioether (sulfide) groups is 1. The number of aliphatic hydroxyl groups is 1. The fraction of sp³-hybridized carbons (Fsp3) is 0.381. The van der Waals surface area contributed by atoms with Crippen LogP contribution in [0.4, 0.5) is 11.8 Å². The van der Waals surface area contributed by atoms with Gasteiger partial charge in [-0.25, -0.2) is 24.9 Å². The van der Waals surface area contributed by atoms with E-state index >= 15 is 0 Å². The molecule has 0 spiro atoms. The molecule has 10 nitrogen and oxygen atoms in total. The molecule has 168 valence electrons. The highest BCUT2D eigenvalue weighted by molar-refractivity contribution is 7.98. The number of hydrogen-bond acceptors (Lipinski definition) is 11. The maximum Gasteiger partial charge on any atom is 0.257 e. The zero-order valence-electron chi connectivity index (χ0n) is 17.7. The molecule has 0 bridgehead atoms. The topological polar surface area (TPSA) is 127 Å². The summed E-state index contributed by atoms with van der Waals surface area (Å²) in [5, 5.41) is 15.2. The SMILES string of the molecule is CSCC(CNc1cc(-c2cnc(NCCO)nc2)ncn1)c1ccnc2c1OCCO2. The number of nitrogens with zero attached hydrogens (tertiary/aromatic N) is 5. The molecule has 1 atom stereocenters. The summed E-state index contributed by atoms with van der Waals surface area (Å²) in [7, 11) is 0. The molecule has 32 heavy (non-hydrogen) atoms. The van der Waals surface area contributed by atoms with Crippen LogP contribution in [-0.4, -0.2) is 74.9 Å². The average Bonchev–Trinajstić information content (AvgIpc) is 2.85.